The third-order valence-electron chi connectivity index (χ3n) is 6.17. The van der Waals surface area contributed by atoms with Crippen molar-refractivity contribution in [1.82, 2.24) is 25.1 Å². The zero-order chi connectivity index (χ0) is 19.6. The Bertz CT molecular complexity index is 1020. The van der Waals surface area contributed by atoms with E-state index >= 15 is 0 Å². The number of hydrogen-bond donors (Lipinski definition) is 1. The number of H-pyrrole nitrogens is 1. The second kappa shape index (κ2) is 7.81. The van der Waals surface area contributed by atoms with Gasteiger partial charge in [0.25, 0.3) is 0 Å². The van der Waals surface area contributed by atoms with Gasteiger partial charge in [0.2, 0.25) is 5.91 Å². The highest BCUT2D eigenvalue weighted by molar-refractivity contribution is 5.89. The molecule has 2 aliphatic rings. The van der Waals surface area contributed by atoms with Crippen LogP contribution in [-0.2, 0) is 24.1 Å². The number of fused-ring (bicyclic) bond motifs is 2. The third kappa shape index (κ3) is 3.57. The first-order valence-electron chi connectivity index (χ1n) is 10.6. The van der Waals surface area contributed by atoms with Crippen LogP contribution < -0.4 is 4.90 Å². The SMILES string of the molecule is O=C(CCc1n[nH]c2c1CCCC2)N1CCN(c2ncnc3ccccc23)CC1. The standard InChI is InChI=1S/C22H26N6O/c29-21(10-9-20-16-5-1-4-8-19(16)25-26-20)27-11-13-28(14-12-27)22-17-6-2-3-7-18(17)23-15-24-22/h2-3,6-7,15H,1,4-5,8-14H2,(H,25,26). The van der Waals surface area contributed by atoms with E-state index in [1.165, 1.54) is 24.1 Å². The van der Waals surface area contributed by atoms with Crippen molar-refractivity contribution in [3.8, 4) is 0 Å². The van der Waals surface area contributed by atoms with Crippen LogP contribution in [0.3, 0.4) is 0 Å². The number of hydrogen-bond acceptors (Lipinski definition) is 5. The average Bonchev–Trinajstić information content (AvgIpc) is 3.20. The zero-order valence-corrected chi connectivity index (χ0v) is 16.6. The molecule has 2 aromatic heterocycles. The number of aromatic amines is 1. The van der Waals surface area contributed by atoms with Crippen molar-refractivity contribution in [3.05, 3.63) is 47.5 Å². The molecule has 1 N–H and O–H groups in total. The summed E-state index contributed by atoms with van der Waals surface area (Å²) in [5.41, 5.74) is 4.70. The van der Waals surface area contributed by atoms with Crippen LogP contribution in [0.15, 0.2) is 30.6 Å². The van der Waals surface area contributed by atoms with Crippen molar-refractivity contribution in [1.29, 1.82) is 0 Å². The van der Waals surface area contributed by atoms with Crippen molar-refractivity contribution in [2.75, 3.05) is 31.1 Å². The van der Waals surface area contributed by atoms with Gasteiger partial charge in [0.05, 0.1) is 11.2 Å². The van der Waals surface area contributed by atoms with E-state index in [1.807, 2.05) is 23.1 Å². The summed E-state index contributed by atoms with van der Waals surface area (Å²) in [5.74, 6) is 1.19. The Kier molecular flexibility index (Phi) is 4.87. The first kappa shape index (κ1) is 18.1. The Morgan fingerprint density at radius 3 is 2.76 bits per heavy atom. The number of aryl methyl sites for hydroxylation is 2. The molecule has 1 aliphatic heterocycles. The number of nitrogens with zero attached hydrogens (tertiary/aromatic N) is 5. The van der Waals surface area contributed by atoms with E-state index in [9.17, 15) is 4.79 Å². The summed E-state index contributed by atoms with van der Waals surface area (Å²) in [4.78, 5) is 25.9. The fourth-order valence-corrected chi connectivity index (χ4v) is 4.55. The van der Waals surface area contributed by atoms with Crippen LogP contribution in [0.5, 0.6) is 0 Å². The lowest BCUT2D eigenvalue weighted by molar-refractivity contribution is -0.131. The molecule has 5 rings (SSSR count). The van der Waals surface area contributed by atoms with E-state index in [2.05, 4.69) is 31.1 Å². The smallest absolute Gasteiger partial charge is 0.223 e. The van der Waals surface area contributed by atoms with Gasteiger partial charge in [-0.15, -0.1) is 0 Å². The summed E-state index contributed by atoms with van der Waals surface area (Å²) in [7, 11) is 0. The molecule has 29 heavy (non-hydrogen) atoms. The molecule has 150 valence electrons. The quantitative estimate of drug-likeness (QED) is 0.741. The fourth-order valence-electron chi connectivity index (χ4n) is 4.55. The number of anilines is 1. The molecule has 0 bridgehead atoms. The lowest BCUT2D eigenvalue weighted by Crippen LogP contribution is -2.49. The second-order valence-corrected chi connectivity index (χ2v) is 7.92. The van der Waals surface area contributed by atoms with Gasteiger partial charge in [0.1, 0.15) is 12.1 Å². The predicted molar refractivity (Wildman–Crippen MR) is 112 cm³/mol. The van der Waals surface area contributed by atoms with E-state index in [-0.39, 0.29) is 5.91 Å². The molecule has 3 heterocycles. The molecular weight excluding hydrogens is 364 g/mol. The number of piperazine rings is 1. The molecule has 1 aromatic carbocycles. The molecule has 0 unspecified atom stereocenters. The second-order valence-electron chi connectivity index (χ2n) is 7.92. The van der Waals surface area contributed by atoms with Gasteiger partial charge < -0.3 is 9.80 Å². The molecule has 7 nitrogen and oxygen atoms in total. The number of nitrogens with one attached hydrogen (secondary N) is 1. The molecule has 1 saturated heterocycles. The number of para-hydroxylation sites is 1. The Labute approximate surface area is 170 Å². The number of amides is 1. The number of benzene rings is 1. The van der Waals surface area contributed by atoms with Crippen molar-refractivity contribution in [2.24, 2.45) is 0 Å². The Hall–Kier alpha value is -2.96. The number of carbonyl (C=O) groups excluding carboxylic acids is 1. The van der Waals surface area contributed by atoms with Crippen LogP contribution in [0, 0.1) is 0 Å². The van der Waals surface area contributed by atoms with E-state index in [0.29, 0.717) is 6.42 Å². The normalized spacial score (nSPS) is 16.8. The van der Waals surface area contributed by atoms with Crippen molar-refractivity contribution < 1.29 is 4.79 Å². The number of carbonyl (C=O) groups is 1. The molecule has 1 aliphatic carbocycles. The molecule has 1 amide bonds. The van der Waals surface area contributed by atoms with Gasteiger partial charge in [-0.1, -0.05) is 12.1 Å². The van der Waals surface area contributed by atoms with Crippen LogP contribution in [0.25, 0.3) is 10.9 Å². The van der Waals surface area contributed by atoms with Gasteiger partial charge in [0, 0.05) is 50.1 Å². The van der Waals surface area contributed by atoms with Crippen molar-refractivity contribution >= 4 is 22.6 Å². The molecule has 1 fully saturated rings. The lowest BCUT2D eigenvalue weighted by atomic mass is 9.94. The monoisotopic (exact) mass is 390 g/mol. The van der Waals surface area contributed by atoms with Gasteiger partial charge >= 0.3 is 0 Å². The first-order chi connectivity index (χ1) is 14.3. The summed E-state index contributed by atoms with van der Waals surface area (Å²) < 4.78 is 0. The average molecular weight is 390 g/mol. The van der Waals surface area contributed by atoms with Gasteiger partial charge in [-0.2, -0.15) is 5.10 Å². The number of rotatable bonds is 4. The maximum absolute atomic E-state index is 12.8. The molecule has 0 spiro atoms. The number of aromatic nitrogens is 4. The van der Waals surface area contributed by atoms with Crippen molar-refractivity contribution in [3.63, 3.8) is 0 Å². The van der Waals surface area contributed by atoms with Gasteiger partial charge in [0.15, 0.2) is 0 Å². The molecule has 7 heteroatoms. The van der Waals surface area contributed by atoms with Crippen LogP contribution in [0.1, 0.15) is 36.2 Å². The van der Waals surface area contributed by atoms with Crippen LogP contribution in [0.4, 0.5) is 5.82 Å². The van der Waals surface area contributed by atoms with Gasteiger partial charge in [-0.25, -0.2) is 9.97 Å². The summed E-state index contributed by atoms with van der Waals surface area (Å²) >= 11 is 0. The summed E-state index contributed by atoms with van der Waals surface area (Å²) in [5, 5.41) is 8.72. The summed E-state index contributed by atoms with van der Waals surface area (Å²) in [6, 6.07) is 8.08. The Balaban J connectivity index is 1.19. The fraction of sp³-hybridized carbons (Fsp3) is 0.455. The Morgan fingerprint density at radius 2 is 1.86 bits per heavy atom. The lowest BCUT2D eigenvalue weighted by Gasteiger charge is -2.35. The van der Waals surface area contributed by atoms with Gasteiger partial charge in [-0.3, -0.25) is 9.89 Å². The highest BCUT2D eigenvalue weighted by Gasteiger charge is 2.24. The molecular formula is C22H26N6O. The molecule has 0 radical (unpaired) electrons. The van der Waals surface area contributed by atoms with E-state index in [1.54, 1.807) is 6.33 Å². The van der Waals surface area contributed by atoms with Crippen LogP contribution >= 0.6 is 0 Å². The minimum Gasteiger partial charge on any atom is -0.352 e. The highest BCUT2D eigenvalue weighted by atomic mass is 16.2. The highest BCUT2D eigenvalue weighted by Crippen LogP contribution is 2.25. The molecule has 0 saturated carbocycles. The topological polar surface area (TPSA) is 78.0 Å². The predicted octanol–water partition coefficient (Wildman–Crippen LogP) is 2.51. The molecule has 0 atom stereocenters. The Morgan fingerprint density at radius 1 is 1.03 bits per heavy atom. The minimum atomic E-state index is 0.227. The third-order valence-corrected chi connectivity index (χ3v) is 6.17. The van der Waals surface area contributed by atoms with E-state index in [0.717, 1.165) is 67.9 Å². The largest absolute Gasteiger partial charge is 0.352 e. The summed E-state index contributed by atoms with van der Waals surface area (Å²) in [6.07, 6.45) is 7.55. The van der Waals surface area contributed by atoms with Crippen LogP contribution in [-0.4, -0.2) is 57.2 Å². The van der Waals surface area contributed by atoms with Crippen molar-refractivity contribution in [2.45, 2.75) is 38.5 Å². The van der Waals surface area contributed by atoms with Gasteiger partial charge in [-0.05, 0) is 43.4 Å². The zero-order valence-electron chi connectivity index (χ0n) is 16.6. The maximum atomic E-state index is 12.8. The summed E-state index contributed by atoms with van der Waals surface area (Å²) in [6.45, 7) is 3.06. The molecule has 3 aromatic rings. The van der Waals surface area contributed by atoms with E-state index in [4.69, 9.17) is 0 Å². The maximum Gasteiger partial charge on any atom is 0.223 e. The first-order valence-corrected chi connectivity index (χ1v) is 10.6. The van der Waals surface area contributed by atoms with Crippen LogP contribution in [0.2, 0.25) is 0 Å². The minimum absolute atomic E-state index is 0.227. The van der Waals surface area contributed by atoms with E-state index < -0.39 is 0 Å².